The summed E-state index contributed by atoms with van der Waals surface area (Å²) in [6.45, 7) is 0. The van der Waals surface area contributed by atoms with E-state index in [1.54, 1.807) is 12.1 Å². The third kappa shape index (κ3) is 2.54. The number of halogens is 2. The minimum Gasteiger partial charge on any atom is -0.505 e. The molecule has 0 saturated carbocycles. The van der Waals surface area contributed by atoms with Crippen molar-refractivity contribution in [2.24, 2.45) is 0 Å². The summed E-state index contributed by atoms with van der Waals surface area (Å²) < 4.78 is 7.19. The van der Waals surface area contributed by atoms with Crippen molar-refractivity contribution in [3.8, 4) is 29.5 Å². The zero-order chi connectivity index (χ0) is 15.9. The van der Waals surface area contributed by atoms with Crippen molar-refractivity contribution in [1.29, 1.82) is 0 Å². The Labute approximate surface area is 142 Å². The predicted molar refractivity (Wildman–Crippen MR) is 90.7 cm³/mol. The van der Waals surface area contributed by atoms with E-state index in [1.165, 1.54) is 18.2 Å². The summed E-state index contributed by atoms with van der Waals surface area (Å²) in [4.78, 5) is 16.4. The largest absolute Gasteiger partial charge is 0.505 e. The van der Waals surface area contributed by atoms with Crippen LogP contribution in [0, 0.1) is 12.3 Å². The highest BCUT2D eigenvalue weighted by Gasteiger charge is 2.12. The van der Waals surface area contributed by atoms with E-state index in [9.17, 15) is 9.90 Å². The number of nitrogens with zero attached hydrogens (tertiary/aromatic N) is 1. The standard InChI is InChI=1S/C16H7Br2NO3/c1-2-11-13(20)4-3-12(19-11)15-7-14(21)9-5-8(17)6-10(18)16(9)22-15/h1,3-7,20H. The Morgan fingerprint density at radius 3 is 2.73 bits per heavy atom. The van der Waals surface area contributed by atoms with Crippen LogP contribution in [-0.2, 0) is 0 Å². The lowest BCUT2D eigenvalue weighted by molar-refractivity contribution is 0.470. The van der Waals surface area contributed by atoms with Crippen LogP contribution in [0.15, 0.2) is 48.5 Å². The number of rotatable bonds is 1. The molecule has 0 aliphatic carbocycles. The highest BCUT2D eigenvalue weighted by Crippen LogP contribution is 2.30. The highest BCUT2D eigenvalue weighted by molar-refractivity contribution is 9.11. The summed E-state index contributed by atoms with van der Waals surface area (Å²) in [5, 5.41) is 10.0. The van der Waals surface area contributed by atoms with Crippen LogP contribution in [-0.4, -0.2) is 10.1 Å². The zero-order valence-corrected chi connectivity index (χ0v) is 14.1. The molecule has 0 radical (unpaired) electrons. The molecule has 3 rings (SSSR count). The number of hydrogen-bond donors (Lipinski definition) is 1. The van der Waals surface area contributed by atoms with E-state index in [0.29, 0.717) is 21.1 Å². The number of aromatic nitrogens is 1. The van der Waals surface area contributed by atoms with Crippen molar-refractivity contribution in [2.75, 3.05) is 0 Å². The fraction of sp³-hybridized carbons (Fsp3) is 0. The van der Waals surface area contributed by atoms with Crippen LogP contribution in [0.5, 0.6) is 5.75 Å². The molecule has 2 aromatic heterocycles. The monoisotopic (exact) mass is 419 g/mol. The van der Waals surface area contributed by atoms with Gasteiger partial charge in [-0.15, -0.1) is 6.42 Å². The lowest BCUT2D eigenvalue weighted by atomic mass is 10.2. The molecule has 22 heavy (non-hydrogen) atoms. The summed E-state index contributed by atoms with van der Waals surface area (Å²) >= 11 is 6.71. The van der Waals surface area contributed by atoms with Gasteiger partial charge < -0.3 is 9.52 Å². The minimum absolute atomic E-state index is 0.0927. The third-order valence-electron chi connectivity index (χ3n) is 3.01. The molecule has 0 amide bonds. The van der Waals surface area contributed by atoms with E-state index in [1.807, 2.05) is 0 Å². The van der Waals surface area contributed by atoms with Crippen LogP contribution in [0.3, 0.4) is 0 Å². The van der Waals surface area contributed by atoms with Crippen molar-refractivity contribution in [2.45, 2.75) is 0 Å². The molecular formula is C16H7Br2NO3. The Morgan fingerprint density at radius 1 is 1.23 bits per heavy atom. The van der Waals surface area contributed by atoms with Crippen LogP contribution in [0.1, 0.15) is 5.69 Å². The van der Waals surface area contributed by atoms with Gasteiger partial charge >= 0.3 is 0 Å². The van der Waals surface area contributed by atoms with Gasteiger partial charge in [0.05, 0.1) is 9.86 Å². The molecule has 0 saturated heterocycles. The Bertz CT molecular complexity index is 1000. The average molecular weight is 421 g/mol. The smallest absolute Gasteiger partial charge is 0.193 e. The first kappa shape index (κ1) is 14.8. The van der Waals surface area contributed by atoms with Crippen LogP contribution >= 0.6 is 31.9 Å². The van der Waals surface area contributed by atoms with Gasteiger partial charge in [-0.3, -0.25) is 4.79 Å². The predicted octanol–water partition coefficient (Wildman–Crippen LogP) is 4.07. The summed E-state index contributed by atoms with van der Waals surface area (Å²) in [6.07, 6.45) is 5.28. The van der Waals surface area contributed by atoms with Crippen molar-refractivity contribution in [3.63, 3.8) is 0 Å². The number of terminal acetylenes is 1. The van der Waals surface area contributed by atoms with Crippen molar-refractivity contribution in [3.05, 3.63) is 55.2 Å². The number of hydrogen-bond acceptors (Lipinski definition) is 4. The normalized spacial score (nSPS) is 10.6. The fourth-order valence-electron chi connectivity index (χ4n) is 2.00. The second-order valence-electron chi connectivity index (χ2n) is 4.45. The molecule has 0 fully saturated rings. The Morgan fingerprint density at radius 2 is 2.00 bits per heavy atom. The average Bonchev–Trinajstić information content (AvgIpc) is 2.48. The third-order valence-corrected chi connectivity index (χ3v) is 4.06. The van der Waals surface area contributed by atoms with Gasteiger partial charge in [0.1, 0.15) is 11.4 Å². The second-order valence-corrected chi connectivity index (χ2v) is 6.22. The first-order chi connectivity index (χ1) is 10.5. The molecule has 6 heteroatoms. The van der Waals surface area contributed by atoms with Crippen molar-refractivity contribution < 1.29 is 9.52 Å². The fourth-order valence-corrected chi connectivity index (χ4v) is 3.31. The highest BCUT2D eigenvalue weighted by atomic mass is 79.9. The van der Waals surface area contributed by atoms with E-state index in [-0.39, 0.29) is 22.6 Å². The van der Waals surface area contributed by atoms with Crippen LogP contribution < -0.4 is 5.43 Å². The van der Waals surface area contributed by atoms with E-state index in [2.05, 4.69) is 42.8 Å². The number of benzene rings is 1. The van der Waals surface area contributed by atoms with Crippen molar-refractivity contribution >= 4 is 42.8 Å². The van der Waals surface area contributed by atoms with E-state index in [4.69, 9.17) is 10.8 Å². The van der Waals surface area contributed by atoms with Gasteiger partial charge in [-0.05, 0) is 46.1 Å². The van der Waals surface area contributed by atoms with E-state index < -0.39 is 0 Å². The Hall–Kier alpha value is -2.10. The van der Waals surface area contributed by atoms with Gasteiger partial charge in [0.2, 0.25) is 0 Å². The van der Waals surface area contributed by atoms with Gasteiger partial charge in [0.25, 0.3) is 0 Å². The van der Waals surface area contributed by atoms with Gasteiger partial charge in [0.15, 0.2) is 22.5 Å². The lowest BCUT2D eigenvalue weighted by Gasteiger charge is -2.06. The summed E-state index contributed by atoms with van der Waals surface area (Å²) in [6, 6.07) is 7.77. The topological polar surface area (TPSA) is 63.3 Å². The van der Waals surface area contributed by atoms with Crippen LogP contribution in [0.4, 0.5) is 0 Å². The molecule has 0 spiro atoms. The SMILES string of the molecule is C#Cc1nc(-c2cc(=O)c3cc(Br)cc(Br)c3o2)ccc1O. The molecule has 2 heterocycles. The maximum Gasteiger partial charge on any atom is 0.193 e. The summed E-state index contributed by atoms with van der Waals surface area (Å²) in [5.74, 6) is 2.46. The van der Waals surface area contributed by atoms with Gasteiger partial charge in [0, 0.05) is 10.5 Å². The molecule has 1 N–H and O–H groups in total. The van der Waals surface area contributed by atoms with E-state index in [0.717, 1.165) is 4.47 Å². The molecule has 108 valence electrons. The maximum absolute atomic E-state index is 12.3. The summed E-state index contributed by atoms with van der Waals surface area (Å²) in [7, 11) is 0. The second kappa shape index (κ2) is 5.59. The molecule has 0 bridgehead atoms. The molecule has 0 aliphatic rings. The molecular weight excluding hydrogens is 414 g/mol. The molecule has 0 unspecified atom stereocenters. The zero-order valence-electron chi connectivity index (χ0n) is 10.9. The Balaban J connectivity index is 2.30. The molecule has 4 nitrogen and oxygen atoms in total. The quantitative estimate of drug-likeness (QED) is 0.603. The molecule has 0 aliphatic heterocycles. The molecule has 1 aromatic carbocycles. The molecule has 0 atom stereocenters. The lowest BCUT2D eigenvalue weighted by Crippen LogP contribution is -2.01. The van der Waals surface area contributed by atoms with Gasteiger partial charge in [-0.25, -0.2) is 4.98 Å². The van der Waals surface area contributed by atoms with Crippen molar-refractivity contribution in [1.82, 2.24) is 4.98 Å². The number of fused-ring (bicyclic) bond motifs is 1. The van der Waals surface area contributed by atoms with Gasteiger partial charge in [-0.1, -0.05) is 15.9 Å². The molecule has 3 aromatic rings. The number of aromatic hydroxyl groups is 1. The minimum atomic E-state index is -0.199. The van der Waals surface area contributed by atoms with Crippen LogP contribution in [0.25, 0.3) is 22.4 Å². The van der Waals surface area contributed by atoms with Gasteiger partial charge in [-0.2, -0.15) is 0 Å². The van der Waals surface area contributed by atoms with E-state index >= 15 is 0 Å². The first-order valence-electron chi connectivity index (χ1n) is 6.09. The Kier molecular flexibility index (Phi) is 3.77. The first-order valence-corrected chi connectivity index (χ1v) is 7.68. The van der Waals surface area contributed by atoms with Crippen LogP contribution in [0.2, 0.25) is 0 Å². The summed E-state index contributed by atoms with van der Waals surface area (Å²) in [5.41, 5.74) is 0.688. The maximum atomic E-state index is 12.3. The number of pyridine rings is 1.